The lowest BCUT2D eigenvalue weighted by Crippen LogP contribution is -2.68. The zero-order valence-corrected chi connectivity index (χ0v) is 66.0. The van der Waals surface area contributed by atoms with E-state index in [2.05, 4.69) is 10.6 Å². The van der Waals surface area contributed by atoms with Gasteiger partial charge in [-0.15, -0.1) is 0 Å². The summed E-state index contributed by atoms with van der Waals surface area (Å²) in [6.07, 6.45) is -77.1. The van der Waals surface area contributed by atoms with Crippen molar-refractivity contribution in [3.8, 4) is 11.5 Å². The van der Waals surface area contributed by atoms with E-state index in [1.807, 2.05) is 91.0 Å². The zero-order chi connectivity index (χ0) is 87.6. The van der Waals surface area contributed by atoms with E-state index < -0.39 is 310 Å². The van der Waals surface area contributed by atoms with Gasteiger partial charge in [-0.2, -0.15) is 0 Å². The van der Waals surface area contributed by atoms with E-state index in [4.69, 9.17) is 94.7 Å². The highest BCUT2D eigenvalue weighted by Gasteiger charge is 2.61. The van der Waals surface area contributed by atoms with Crippen molar-refractivity contribution in [2.45, 2.75) is 272 Å². The summed E-state index contributed by atoms with van der Waals surface area (Å²) < 4.78 is 121. The Labute approximate surface area is 701 Å². The average molecular weight is 1760 g/mol. The maximum Gasteiger partial charge on any atom is 0.258 e. The Morgan fingerprint density at radius 2 is 0.610 bits per heavy atom. The molecule has 686 valence electrons. The predicted molar refractivity (Wildman–Crippen MR) is 399 cm³/mol. The average Bonchev–Trinajstić information content (AvgIpc) is 0.815. The van der Waals surface area contributed by atoms with E-state index in [0.717, 1.165) is 16.7 Å². The molecule has 0 aromatic heterocycles. The monoisotopic (exact) mass is 1760 g/mol. The van der Waals surface area contributed by atoms with Crippen molar-refractivity contribution < 1.29 is 206 Å². The second kappa shape index (κ2) is 43.3. The summed E-state index contributed by atoms with van der Waals surface area (Å²) in [6.45, 7) is -6.40. The first-order valence-electron chi connectivity index (χ1n) is 40.1. The number of nitrogens with one attached hydrogen (secondary N) is 2. The number of aliphatic hydroxyl groups is 20. The topological polar surface area (TPSA) is 647 Å². The van der Waals surface area contributed by atoms with Gasteiger partial charge in [0.05, 0.1) is 66.1 Å². The molecule has 4 aromatic rings. The van der Waals surface area contributed by atoms with Gasteiger partial charge in [-0.25, -0.2) is 0 Å². The van der Waals surface area contributed by atoms with E-state index in [0.29, 0.717) is 0 Å². The molecule has 0 aliphatic carbocycles. The van der Waals surface area contributed by atoms with E-state index in [1.165, 1.54) is 31.2 Å². The Balaban J connectivity index is 0.734. The van der Waals surface area contributed by atoms with Gasteiger partial charge in [0.2, 0.25) is 12.2 Å². The highest BCUT2D eigenvalue weighted by Crippen LogP contribution is 2.41. The standard InChI is InChI=1S/C79H108N2O42/c1-33(88)81-48-71(107-30-36-15-9-4-10-16-36)70(106-29-35-13-7-3-8-14-35)46(31-104-28-34-11-5-2-6-12-34)116-72(48)108-38-19-17-37(18-20-38)105-32-47(89)80-21-39-63-49(90)56(97)73(109-39)118-64-40(22-82)111-75(58(99)51(64)92)120-66-42(24-84)113-77(60(101)53(66)94)122-68-44(26-86)115-79(62(103)55(68)96)123-69-45(27-87)114-78(61(102)54(69)95)121-67-43(25-85)112-76(59(100)52(67)93)119-65-41(23-83)110-74(117-63)57(98)50(65)91/h2-20,39-46,48-79,82-87,90-103H,21-32H2,1H3,(H,80,89)(H,81,88)/t39-,40-,41-,42-,43-,44-,45-,46-,48-,49-,50-,51-,52-,53-,54-,55-,56-,57-,58-,59-,60-,61-,62-,63-,64-,65-,66-,67-,68-,69-,70-,71-,72+,73-,74-,75-,76-,77-,78-,79-/m1/s1. The molecule has 0 spiro atoms. The van der Waals surface area contributed by atoms with Gasteiger partial charge in [0, 0.05) is 13.5 Å². The fraction of sp³-hybridized carbons (Fsp3) is 0.671. The molecule has 4 aromatic carbocycles. The van der Waals surface area contributed by atoms with Gasteiger partial charge >= 0.3 is 0 Å². The van der Waals surface area contributed by atoms with Crippen LogP contribution >= 0.6 is 0 Å². The van der Waals surface area contributed by atoms with Gasteiger partial charge in [-0.1, -0.05) is 91.0 Å². The van der Waals surface area contributed by atoms with Gasteiger partial charge in [-0.05, 0) is 41.0 Å². The van der Waals surface area contributed by atoms with Crippen molar-refractivity contribution in [2.24, 2.45) is 0 Å². The van der Waals surface area contributed by atoms with Crippen LogP contribution in [-0.4, -0.2) is 419 Å². The molecular weight excluding hydrogens is 1650 g/mol. The molecule has 22 saturated heterocycles. The van der Waals surface area contributed by atoms with Crippen molar-refractivity contribution in [3.05, 3.63) is 132 Å². The van der Waals surface area contributed by atoms with E-state index in [1.54, 1.807) is 0 Å². The van der Waals surface area contributed by atoms with Crippen LogP contribution in [0.4, 0.5) is 0 Å². The van der Waals surface area contributed by atoms with Crippen LogP contribution in [0, 0.1) is 0 Å². The van der Waals surface area contributed by atoms with Crippen LogP contribution in [0.25, 0.3) is 0 Å². The molecule has 22 aliphatic heterocycles. The molecule has 40 atom stereocenters. The maximum absolute atomic E-state index is 14.0. The summed E-state index contributed by atoms with van der Waals surface area (Å²) in [6, 6.07) is 33.1. The zero-order valence-electron chi connectivity index (χ0n) is 66.0. The molecule has 0 radical (unpaired) electrons. The number of carbonyl (C=O) groups excluding carboxylic acids is 2. The Bertz CT molecular complexity index is 3850. The smallest absolute Gasteiger partial charge is 0.258 e. The van der Waals surface area contributed by atoms with Crippen LogP contribution in [0.5, 0.6) is 11.5 Å². The fourth-order valence-electron chi connectivity index (χ4n) is 15.9. The molecule has 0 unspecified atom stereocenters. The van der Waals surface area contributed by atoms with Crippen LogP contribution in [-0.2, 0) is 115 Å². The second-order valence-corrected chi connectivity index (χ2v) is 30.9. The lowest BCUT2D eigenvalue weighted by Gasteiger charge is -2.50. The third-order valence-electron chi connectivity index (χ3n) is 22.5. The molecule has 0 saturated carbocycles. The summed E-state index contributed by atoms with van der Waals surface area (Å²) in [5.41, 5.74) is 2.56. The number of hydrogen-bond acceptors (Lipinski definition) is 42. The lowest BCUT2D eigenvalue weighted by atomic mass is 9.95. The van der Waals surface area contributed by atoms with Crippen molar-refractivity contribution in [2.75, 3.05) is 59.4 Å². The van der Waals surface area contributed by atoms with Crippen LogP contribution in [0.2, 0.25) is 0 Å². The van der Waals surface area contributed by atoms with Crippen molar-refractivity contribution >= 4 is 11.8 Å². The second-order valence-electron chi connectivity index (χ2n) is 30.9. The molecule has 2 amide bonds. The number of aliphatic hydroxyl groups excluding tert-OH is 20. The van der Waals surface area contributed by atoms with Crippen molar-refractivity contribution in [1.82, 2.24) is 10.6 Å². The largest absolute Gasteiger partial charge is 0.484 e. The first-order valence-corrected chi connectivity index (χ1v) is 40.1. The van der Waals surface area contributed by atoms with Crippen LogP contribution in [0.1, 0.15) is 23.6 Å². The number of benzene rings is 4. The number of carbonyl (C=O) groups is 2. The number of amides is 2. The third-order valence-corrected chi connectivity index (χ3v) is 22.5. The first kappa shape index (κ1) is 94.5. The Morgan fingerprint density at radius 1 is 0.325 bits per heavy atom. The lowest BCUT2D eigenvalue weighted by molar-refractivity contribution is -0.396. The van der Waals surface area contributed by atoms with Crippen molar-refractivity contribution in [1.29, 1.82) is 0 Å². The third kappa shape index (κ3) is 21.9. The summed E-state index contributed by atoms with van der Waals surface area (Å²) in [4.78, 5) is 27.2. The van der Waals surface area contributed by atoms with Gasteiger partial charge in [0.25, 0.3) is 5.91 Å². The molecule has 26 rings (SSSR count). The number of hydrogen-bond donors (Lipinski definition) is 22. The quantitative estimate of drug-likeness (QED) is 0.0310. The summed E-state index contributed by atoms with van der Waals surface area (Å²) in [7, 11) is 0. The highest BCUT2D eigenvalue weighted by atomic mass is 16.8. The summed E-state index contributed by atoms with van der Waals surface area (Å²) >= 11 is 0. The molecule has 44 nitrogen and oxygen atoms in total. The highest BCUT2D eigenvalue weighted by molar-refractivity contribution is 5.77. The normalized spacial score (nSPS) is 42.6. The van der Waals surface area contributed by atoms with Crippen molar-refractivity contribution in [3.63, 3.8) is 0 Å². The van der Waals surface area contributed by atoms with Gasteiger partial charge in [0.1, 0.15) is 207 Å². The van der Waals surface area contributed by atoms with Crippen LogP contribution in [0.3, 0.4) is 0 Å². The SMILES string of the molecule is CC(=O)N[C@H]1[C@@H](Oc2ccc(OCC(=O)NC[C@H]3O[C@@H]4O[C@H]5[C@H](O)[C@@H](O)[C@@H](O[C@H]6[C@H](O)[C@@H](O)[C@@H](O[C@H]7[C@H](O)[C@@H](O)[C@@H](O[C@H]8[C@H](O)[C@@H](O)[C@@H](O[C@H]9[C@H](O)[C@@H](O)[C@@H](O[C@H]%10[C@H](O)[C@@H](O)[C@@H](O[C@H]3[C@H](O)[C@H]4O)O[C@@H]%10CO)O[C@@H]9CO)O[C@@H]8CO)O[C@@H]7CO)O[C@@H]6CO)O[C@@H]5CO)cc2)O[C@H](COCc2ccccc2)[C@@H](OCc2ccccc2)[C@@H]1OCc1ccccc1. The summed E-state index contributed by atoms with van der Waals surface area (Å²) in [5.74, 6) is -1.09. The molecule has 22 heterocycles. The number of rotatable bonds is 24. The molecule has 22 N–H and O–H groups in total. The van der Waals surface area contributed by atoms with Gasteiger partial charge in [0.15, 0.2) is 50.6 Å². The molecule has 123 heavy (non-hydrogen) atoms. The minimum atomic E-state index is -2.35. The van der Waals surface area contributed by atoms with Gasteiger partial charge < -0.3 is 208 Å². The number of ether oxygens (including phenoxy) is 20. The van der Waals surface area contributed by atoms with Crippen LogP contribution < -0.4 is 20.1 Å². The molecule has 14 bridgehead atoms. The molecule has 22 aliphatic rings. The van der Waals surface area contributed by atoms with Crippen LogP contribution in [0.15, 0.2) is 115 Å². The van der Waals surface area contributed by atoms with E-state index in [9.17, 15) is 112 Å². The Hall–Kier alpha value is -6.10. The molecule has 22 fully saturated rings. The first-order chi connectivity index (χ1) is 59.2. The maximum atomic E-state index is 14.0. The predicted octanol–water partition coefficient (Wildman–Crippen LogP) is -10.0. The molecule has 44 heteroatoms. The fourth-order valence-corrected chi connectivity index (χ4v) is 15.9. The Kier molecular flexibility index (Phi) is 33.3. The molecular formula is C79H108N2O42. The minimum absolute atomic E-state index is 0.0161. The summed E-state index contributed by atoms with van der Waals surface area (Å²) in [5, 5.41) is 233. The minimum Gasteiger partial charge on any atom is -0.484 e. The van der Waals surface area contributed by atoms with E-state index >= 15 is 0 Å². The van der Waals surface area contributed by atoms with E-state index in [-0.39, 0.29) is 37.9 Å². The van der Waals surface area contributed by atoms with Gasteiger partial charge in [-0.3, -0.25) is 9.59 Å². The Morgan fingerprint density at radius 3 is 0.919 bits per heavy atom.